The maximum Gasteiger partial charge on any atom is 0.419 e. The molecule has 24 heavy (non-hydrogen) atoms. The Bertz CT molecular complexity index is 953. The van der Waals surface area contributed by atoms with Gasteiger partial charge >= 0.3 is 6.18 Å². The number of fused-ring (bicyclic) bond motifs is 1. The smallest absolute Gasteiger partial charge is 0.246 e. The van der Waals surface area contributed by atoms with Crippen molar-refractivity contribution in [2.75, 3.05) is 0 Å². The first-order valence-corrected chi connectivity index (χ1v) is 6.71. The van der Waals surface area contributed by atoms with E-state index in [-0.39, 0.29) is 16.9 Å². The molecule has 2 heterocycles. The Balaban J connectivity index is 2.29. The maximum absolute atomic E-state index is 14.2. The van der Waals surface area contributed by atoms with Gasteiger partial charge in [-0.1, -0.05) is 0 Å². The second kappa shape index (κ2) is 5.43. The van der Waals surface area contributed by atoms with E-state index in [1.807, 2.05) is 0 Å². The molecule has 0 bridgehead atoms. The van der Waals surface area contributed by atoms with E-state index < -0.39 is 28.9 Å². The Morgan fingerprint density at radius 2 is 1.54 bits per heavy atom. The van der Waals surface area contributed by atoms with Crippen molar-refractivity contribution in [3.05, 3.63) is 47.0 Å². The van der Waals surface area contributed by atoms with Crippen molar-refractivity contribution < 1.29 is 22.0 Å². The van der Waals surface area contributed by atoms with Gasteiger partial charge in [-0.2, -0.15) is 13.2 Å². The molecule has 0 saturated heterocycles. The van der Waals surface area contributed by atoms with Crippen LogP contribution in [-0.2, 0) is 6.18 Å². The zero-order valence-corrected chi connectivity index (χ0v) is 12.4. The van der Waals surface area contributed by atoms with Crippen LogP contribution in [0.3, 0.4) is 0 Å². The third kappa shape index (κ3) is 2.55. The summed E-state index contributed by atoms with van der Waals surface area (Å²) < 4.78 is 66.0. The van der Waals surface area contributed by atoms with Gasteiger partial charge in [0.05, 0.1) is 17.0 Å². The summed E-state index contributed by atoms with van der Waals surface area (Å²) in [6.07, 6.45) is -3.93. The quantitative estimate of drug-likeness (QED) is 0.628. The molecule has 0 fully saturated rings. The van der Waals surface area contributed by atoms with Crippen molar-refractivity contribution in [1.29, 1.82) is 0 Å². The van der Waals surface area contributed by atoms with Crippen LogP contribution in [0.15, 0.2) is 18.5 Å². The van der Waals surface area contributed by atoms with E-state index in [1.165, 1.54) is 0 Å². The van der Waals surface area contributed by atoms with Gasteiger partial charge in [0.25, 0.3) is 0 Å². The third-order valence-electron chi connectivity index (χ3n) is 3.52. The van der Waals surface area contributed by atoms with Gasteiger partial charge in [-0.25, -0.2) is 28.7 Å². The molecule has 3 aromatic rings. The average Bonchev–Trinajstić information content (AvgIpc) is 2.49. The van der Waals surface area contributed by atoms with Crippen LogP contribution in [0.1, 0.15) is 17.0 Å². The molecule has 1 aromatic carbocycles. The van der Waals surface area contributed by atoms with Gasteiger partial charge in [-0.15, -0.1) is 0 Å². The number of rotatable bonds is 1. The predicted octanol–water partition coefficient (Wildman–Crippen LogP) is 4.00. The molecule has 0 atom stereocenters. The van der Waals surface area contributed by atoms with Gasteiger partial charge < -0.3 is 0 Å². The number of nitrogens with zero attached hydrogens (tertiary/aromatic N) is 4. The highest BCUT2D eigenvalue weighted by molar-refractivity contribution is 5.86. The van der Waals surface area contributed by atoms with Crippen LogP contribution in [0.25, 0.3) is 22.4 Å². The minimum absolute atomic E-state index is 0.0821. The van der Waals surface area contributed by atoms with Gasteiger partial charge in [0, 0.05) is 5.56 Å². The molecule has 0 aliphatic heterocycles. The summed E-state index contributed by atoms with van der Waals surface area (Å²) in [6, 6.07) is 1.29. The first kappa shape index (κ1) is 16.2. The molecular weight excluding hydrogens is 331 g/mol. The van der Waals surface area contributed by atoms with Crippen LogP contribution in [0.5, 0.6) is 0 Å². The van der Waals surface area contributed by atoms with Crippen molar-refractivity contribution in [1.82, 2.24) is 19.9 Å². The van der Waals surface area contributed by atoms with E-state index in [1.54, 1.807) is 13.8 Å². The van der Waals surface area contributed by atoms with Gasteiger partial charge in [-0.3, -0.25) is 0 Å². The van der Waals surface area contributed by atoms with Crippen molar-refractivity contribution in [3.8, 4) is 11.3 Å². The molecular formula is C15H9F5N4. The van der Waals surface area contributed by atoms with Crippen molar-refractivity contribution >= 4 is 11.2 Å². The largest absolute Gasteiger partial charge is 0.419 e. The minimum atomic E-state index is -5.00. The zero-order valence-electron chi connectivity index (χ0n) is 12.4. The molecule has 2 aromatic heterocycles. The first-order valence-electron chi connectivity index (χ1n) is 6.71. The SMILES string of the molecule is Cc1nc2ncnc(-c3ccc(C(F)(F)F)c(F)c3F)c2nc1C. The molecule has 124 valence electrons. The van der Waals surface area contributed by atoms with E-state index in [0.717, 1.165) is 12.4 Å². The highest BCUT2D eigenvalue weighted by atomic mass is 19.4. The zero-order chi connectivity index (χ0) is 17.6. The average molecular weight is 340 g/mol. The molecule has 4 nitrogen and oxygen atoms in total. The second-order valence-electron chi connectivity index (χ2n) is 5.08. The normalized spacial score (nSPS) is 12.0. The van der Waals surface area contributed by atoms with Crippen LogP contribution in [0.4, 0.5) is 22.0 Å². The number of aryl methyl sites for hydroxylation is 2. The summed E-state index contributed by atoms with van der Waals surface area (Å²) in [5, 5.41) is 0. The lowest BCUT2D eigenvalue weighted by atomic mass is 10.1. The third-order valence-corrected chi connectivity index (χ3v) is 3.52. The molecule has 9 heteroatoms. The monoisotopic (exact) mass is 340 g/mol. The standard InChI is InChI=1S/C15H9F5N4/c1-6-7(2)24-14-13(23-6)12(21-5-22-14)8-3-4-9(15(18,19)20)11(17)10(8)16/h3-5H,1-2H3. The summed E-state index contributed by atoms with van der Waals surface area (Å²) in [7, 11) is 0. The molecule has 0 amide bonds. The van der Waals surface area contributed by atoms with E-state index in [2.05, 4.69) is 19.9 Å². The van der Waals surface area contributed by atoms with Gasteiger partial charge in [0.1, 0.15) is 17.5 Å². The fourth-order valence-corrected chi connectivity index (χ4v) is 2.19. The van der Waals surface area contributed by atoms with Crippen LogP contribution >= 0.6 is 0 Å². The van der Waals surface area contributed by atoms with Crippen LogP contribution in [0.2, 0.25) is 0 Å². The lowest BCUT2D eigenvalue weighted by Crippen LogP contribution is -2.10. The minimum Gasteiger partial charge on any atom is -0.246 e. The molecule has 3 rings (SSSR count). The molecule has 0 radical (unpaired) electrons. The fourth-order valence-electron chi connectivity index (χ4n) is 2.19. The highest BCUT2D eigenvalue weighted by Gasteiger charge is 2.36. The number of halogens is 5. The lowest BCUT2D eigenvalue weighted by Gasteiger charge is -2.12. The Kier molecular flexibility index (Phi) is 3.66. The summed E-state index contributed by atoms with van der Waals surface area (Å²) in [6.45, 7) is 3.35. The van der Waals surface area contributed by atoms with Crippen molar-refractivity contribution in [2.45, 2.75) is 20.0 Å². The van der Waals surface area contributed by atoms with E-state index in [9.17, 15) is 22.0 Å². The Morgan fingerprint density at radius 3 is 2.21 bits per heavy atom. The summed E-state index contributed by atoms with van der Waals surface area (Å²) in [4.78, 5) is 16.1. The highest BCUT2D eigenvalue weighted by Crippen LogP contribution is 2.36. The van der Waals surface area contributed by atoms with Crippen LogP contribution in [0, 0.1) is 25.5 Å². The van der Waals surface area contributed by atoms with Gasteiger partial charge in [0.15, 0.2) is 17.3 Å². The molecule has 0 aliphatic rings. The molecule has 0 N–H and O–H groups in total. The molecule has 0 spiro atoms. The van der Waals surface area contributed by atoms with Crippen LogP contribution in [-0.4, -0.2) is 19.9 Å². The summed E-state index contributed by atoms with van der Waals surface area (Å²) >= 11 is 0. The number of hydrogen-bond donors (Lipinski definition) is 0. The van der Waals surface area contributed by atoms with Crippen LogP contribution < -0.4 is 0 Å². The Morgan fingerprint density at radius 1 is 0.875 bits per heavy atom. The van der Waals surface area contributed by atoms with Gasteiger partial charge in [0.2, 0.25) is 0 Å². The van der Waals surface area contributed by atoms with Crippen molar-refractivity contribution in [2.24, 2.45) is 0 Å². The lowest BCUT2D eigenvalue weighted by molar-refractivity contribution is -0.140. The second-order valence-corrected chi connectivity index (χ2v) is 5.08. The molecule has 0 aliphatic carbocycles. The fraction of sp³-hybridized carbons (Fsp3) is 0.200. The molecule has 0 unspecified atom stereocenters. The number of aromatic nitrogens is 4. The number of alkyl halides is 3. The summed E-state index contributed by atoms with van der Waals surface area (Å²) in [5.74, 6) is -3.63. The first-order chi connectivity index (χ1) is 11.2. The number of benzene rings is 1. The van der Waals surface area contributed by atoms with Crippen molar-refractivity contribution in [3.63, 3.8) is 0 Å². The Labute approximate surface area is 132 Å². The summed E-state index contributed by atoms with van der Waals surface area (Å²) in [5.41, 5.74) is -0.912. The van der Waals surface area contributed by atoms with E-state index >= 15 is 0 Å². The van der Waals surface area contributed by atoms with E-state index in [4.69, 9.17) is 0 Å². The maximum atomic E-state index is 14.2. The topological polar surface area (TPSA) is 51.6 Å². The Hall–Kier alpha value is -2.71. The number of hydrogen-bond acceptors (Lipinski definition) is 4. The van der Waals surface area contributed by atoms with E-state index in [0.29, 0.717) is 17.5 Å². The molecule has 0 saturated carbocycles. The predicted molar refractivity (Wildman–Crippen MR) is 75.0 cm³/mol. The van der Waals surface area contributed by atoms with Gasteiger partial charge in [-0.05, 0) is 26.0 Å².